The second kappa shape index (κ2) is 9.11. The molecule has 8 heteroatoms. The predicted octanol–water partition coefficient (Wildman–Crippen LogP) is 2.82. The molecule has 7 nitrogen and oxygen atoms in total. The van der Waals surface area contributed by atoms with E-state index in [2.05, 4.69) is 20.3 Å². The molecule has 0 radical (unpaired) electrons. The zero-order valence-corrected chi connectivity index (χ0v) is 15.3. The Morgan fingerprint density at radius 3 is 2.56 bits per heavy atom. The molecule has 3 aromatic rings. The Kier molecular flexibility index (Phi) is 6.35. The van der Waals surface area contributed by atoms with Gasteiger partial charge in [0.2, 0.25) is 0 Å². The van der Waals surface area contributed by atoms with Crippen molar-refractivity contribution >= 4 is 39.3 Å². The predicted molar refractivity (Wildman–Crippen MR) is 107 cm³/mol. The Labute approximate surface area is 160 Å². The molecule has 1 unspecified atom stereocenters. The number of anilines is 1. The normalized spacial score (nSPS) is 11.9. The van der Waals surface area contributed by atoms with Gasteiger partial charge in [0, 0.05) is 30.6 Å². The minimum absolute atomic E-state index is 0.208. The van der Waals surface area contributed by atoms with E-state index < -0.39 is 12.1 Å². The van der Waals surface area contributed by atoms with E-state index in [-0.39, 0.29) is 12.3 Å². The highest BCUT2D eigenvalue weighted by Gasteiger charge is 2.21. The second-order valence-electron chi connectivity index (χ2n) is 5.89. The molecule has 0 aliphatic heterocycles. The van der Waals surface area contributed by atoms with Gasteiger partial charge in [-0.2, -0.15) is 4.37 Å². The van der Waals surface area contributed by atoms with Crippen LogP contribution in [0.25, 0.3) is 10.1 Å². The molecule has 0 fully saturated rings. The number of carbonyl (C=O) groups excluding carboxylic acids is 1. The summed E-state index contributed by atoms with van der Waals surface area (Å²) in [5.41, 5.74) is 0.477. The van der Waals surface area contributed by atoms with Crippen LogP contribution in [0, 0.1) is 0 Å². The third-order valence-corrected chi connectivity index (χ3v) is 4.82. The van der Waals surface area contributed by atoms with Gasteiger partial charge in [0.25, 0.3) is 0 Å². The average Bonchev–Trinajstić information content (AvgIpc) is 3.10. The van der Waals surface area contributed by atoms with Gasteiger partial charge in [0.15, 0.2) is 5.78 Å². The van der Waals surface area contributed by atoms with Gasteiger partial charge in [0.1, 0.15) is 11.9 Å². The van der Waals surface area contributed by atoms with Gasteiger partial charge in [-0.1, -0.05) is 42.5 Å². The van der Waals surface area contributed by atoms with E-state index in [1.165, 1.54) is 11.5 Å². The van der Waals surface area contributed by atoms with E-state index in [1.54, 1.807) is 24.3 Å². The molecule has 0 bridgehead atoms. The van der Waals surface area contributed by atoms with Gasteiger partial charge in [-0.15, -0.1) is 0 Å². The first-order chi connectivity index (χ1) is 13.1. The third-order valence-electron chi connectivity index (χ3n) is 3.99. The van der Waals surface area contributed by atoms with Crippen LogP contribution in [-0.2, 0) is 0 Å². The summed E-state index contributed by atoms with van der Waals surface area (Å²) in [5, 5.41) is 18.7. The highest BCUT2D eigenvalue weighted by molar-refractivity contribution is 7.13. The smallest absolute Gasteiger partial charge is 0.405 e. The van der Waals surface area contributed by atoms with Crippen molar-refractivity contribution in [3.8, 4) is 0 Å². The molecule has 0 aliphatic carbocycles. The van der Waals surface area contributed by atoms with Crippen LogP contribution in [-0.4, -0.2) is 47.0 Å². The maximum atomic E-state index is 12.5. The fraction of sp³-hybridized carbons (Fsp3) is 0.211. The van der Waals surface area contributed by atoms with E-state index in [0.717, 1.165) is 15.9 Å². The molecule has 1 aromatic heterocycles. The Bertz CT molecular complexity index is 913. The number of benzene rings is 2. The van der Waals surface area contributed by atoms with Gasteiger partial charge >= 0.3 is 6.09 Å². The van der Waals surface area contributed by atoms with Crippen molar-refractivity contribution in [3.63, 3.8) is 0 Å². The molecule has 3 rings (SSSR count). The molecule has 0 spiro atoms. The maximum absolute atomic E-state index is 12.5. The highest BCUT2D eigenvalue weighted by atomic mass is 32.1. The number of amides is 1. The number of Topliss-reactive ketones (excluding diaryl/α,β-unsaturated/α-hetero) is 1. The largest absolute Gasteiger partial charge is 0.465 e. The molecule has 27 heavy (non-hydrogen) atoms. The van der Waals surface area contributed by atoms with E-state index in [1.807, 2.05) is 30.3 Å². The number of rotatable bonds is 9. The van der Waals surface area contributed by atoms with Crippen molar-refractivity contribution < 1.29 is 14.7 Å². The quantitative estimate of drug-likeness (QED) is 0.334. The third kappa shape index (κ3) is 5.02. The zero-order valence-electron chi connectivity index (χ0n) is 14.5. The van der Waals surface area contributed by atoms with Crippen molar-refractivity contribution in [2.75, 3.05) is 25.0 Å². The molecule has 140 valence electrons. The molecule has 2 aromatic carbocycles. The van der Waals surface area contributed by atoms with Crippen molar-refractivity contribution in [2.24, 2.45) is 0 Å². The molecule has 1 heterocycles. The summed E-state index contributed by atoms with van der Waals surface area (Å²) in [6, 6.07) is 15.8. The molecule has 1 amide bonds. The monoisotopic (exact) mass is 384 g/mol. The van der Waals surface area contributed by atoms with Gasteiger partial charge in [-0.25, -0.2) is 4.79 Å². The SMILES string of the molecule is O=C(O)NC(CNCCNc1nsc2ccccc12)C(=O)c1ccccc1. The number of carboxylic acid groups (broad SMARTS) is 1. The molecule has 0 saturated carbocycles. The maximum Gasteiger partial charge on any atom is 0.405 e. The summed E-state index contributed by atoms with van der Waals surface area (Å²) in [6.07, 6.45) is -1.22. The summed E-state index contributed by atoms with van der Waals surface area (Å²) in [6.45, 7) is 1.37. The van der Waals surface area contributed by atoms with E-state index in [0.29, 0.717) is 18.7 Å². The lowest BCUT2D eigenvalue weighted by Crippen LogP contribution is -2.47. The summed E-state index contributed by atoms with van der Waals surface area (Å²) < 4.78 is 5.51. The molecule has 0 aliphatic rings. The Hall–Kier alpha value is -2.97. The fourth-order valence-electron chi connectivity index (χ4n) is 2.69. The van der Waals surface area contributed by atoms with Crippen LogP contribution in [0.5, 0.6) is 0 Å². The first kappa shape index (κ1) is 18.8. The number of ketones is 1. The highest BCUT2D eigenvalue weighted by Crippen LogP contribution is 2.25. The van der Waals surface area contributed by atoms with Crippen molar-refractivity contribution in [3.05, 3.63) is 60.2 Å². The molecular weight excluding hydrogens is 364 g/mol. The Morgan fingerprint density at radius 2 is 1.78 bits per heavy atom. The van der Waals surface area contributed by atoms with E-state index >= 15 is 0 Å². The van der Waals surface area contributed by atoms with Crippen LogP contribution < -0.4 is 16.0 Å². The van der Waals surface area contributed by atoms with Crippen LogP contribution in [0.2, 0.25) is 0 Å². The lowest BCUT2D eigenvalue weighted by molar-refractivity contribution is 0.0936. The number of hydrogen-bond acceptors (Lipinski definition) is 6. The van der Waals surface area contributed by atoms with Crippen molar-refractivity contribution in [1.82, 2.24) is 15.0 Å². The first-order valence-corrected chi connectivity index (χ1v) is 9.30. The van der Waals surface area contributed by atoms with Crippen LogP contribution in [0.1, 0.15) is 10.4 Å². The van der Waals surface area contributed by atoms with Gasteiger partial charge < -0.3 is 21.1 Å². The molecular formula is C19H20N4O3S. The van der Waals surface area contributed by atoms with Gasteiger partial charge in [-0.3, -0.25) is 4.79 Å². The van der Waals surface area contributed by atoms with E-state index in [9.17, 15) is 9.59 Å². The van der Waals surface area contributed by atoms with Crippen molar-refractivity contribution in [2.45, 2.75) is 6.04 Å². The Morgan fingerprint density at radius 1 is 1.04 bits per heavy atom. The lowest BCUT2D eigenvalue weighted by atomic mass is 10.0. The van der Waals surface area contributed by atoms with Crippen LogP contribution in [0.3, 0.4) is 0 Å². The topological polar surface area (TPSA) is 103 Å². The number of hydrogen-bond donors (Lipinski definition) is 4. The Balaban J connectivity index is 1.50. The van der Waals surface area contributed by atoms with Gasteiger partial charge in [0.05, 0.1) is 4.70 Å². The number of fused-ring (bicyclic) bond motifs is 1. The van der Waals surface area contributed by atoms with Crippen molar-refractivity contribution in [1.29, 1.82) is 0 Å². The lowest BCUT2D eigenvalue weighted by Gasteiger charge is -2.17. The minimum atomic E-state index is -1.22. The van der Waals surface area contributed by atoms with Gasteiger partial charge in [-0.05, 0) is 23.7 Å². The van der Waals surface area contributed by atoms with Crippen LogP contribution in [0.4, 0.5) is 10.6 Å². The average molecular weight is 384 g/mol. The summed E-state index contributed by atoms with van der Waals surface area (Å²) in [4.78, 5) is 23.5. The van der Waals surface area contributed by atoms with Crippen LogP contribution in [0.15, 0.2) is 54.6 Å². The number of aromatic nitrogens is 1. The second-order valence-corrected chi connectivity index (χ2v) is 6.70. The standard InChI is InChI=1S/C19H20N4O3S/c24-17(13-6-2-1-3-7-13)15(22-19(25)26)12-20-10-11-21-18-14-8-4-5-9-16(14)27-23-18/h1-9,15,20,22H,10-12H2,(H,21,23)(H,25,26). The molecule has 4 N–H and O–H groups in total. The summed E-state index contributed by atoms with van der Waals surface area (Å²) >= 11 is 1.44. The number of nitrogens with zero attached hydrogens (tertiary/aromatic N) is 1. The minimum Gasteiger partial charge on any atom is -0.465 e. The number of carbonyl (C=O) groups is 2. The van der Waals surface area contributed by atoms with Crippen LogP contribution >= 0.6 is 11.5 Å². The molecule has 0 saturated heterocycles. The summed E-state index contributed by atoms with van der Waals surface area (Å²) in [5.74, 6) is 0.571. The van der Waals surface area contributed by atoms with E-state index in [4.69, 9.17) is 5.11 Å². The summed E-state index contributed by atoms with van der Waals surface area (Å²) in [7, 11) is 0. The zero-order chi connectivity index (χ0) is 19.1. The molecule has 1 atom stereocenters. The number of nitrogens with one attached hydrogen (secondary N) is 3. The first-order valence-electron chi connectivity index (χ1n) is 8.53. The fourth-order valence-corrected chi connectivity index (χ4v) is 3.45.